The Morgan fingerprint density at radius 1 is 1.28 bits per heavy atom. The zero-order valence-electron chi connectivity index (χ0n) is 18.3. The topological polar surface area (TPSA) is 101 Å². The number of ether oxygens (including phenoxy) is 1. The fraction of sp³-hybridized carbons (Fsp3) is 0.435. The Hall–Kier alpha value is -3.20. The lowest BCUT2D eigenvalue weighted by atomic mass is 9.96. The van der Waals surface area contributed by atoms with Gasteiger partial charge in [-0.1, -0.05) is 12.1 Å². The zero-order valence-corrected chi connectivity index (χ0v) is 18.3. The monoisotopic (exact) mass is 443 g/mol. The number of aromatic hydroxyl groups is 1. The van der Waals surface area contributed by atoms with Crippen LogP contribution in [-0.2, 0) is 11.3 Å². The fourth-order valence-corrected chi connectivity index (χ4v) is 4.50. The molecule has 8 nitrogen and oxygen atoms in total. The summed E-state index contributed by atoms with van der Waals surface area (Å²) in [5, 5.41) is 13.1. The Kier molecular flexibility index (Phi) is 5.77. The summed E-state index contributed by atoms with van der Waals surface area (Å²) < 4.78 is 21.5. The number of likely N-dealkylation sites (N-methyl/N-ethyl adjacent to an activating group) is 1. The van der Waals surface area contributed by atoms with Crippen molar-refractivity contribution in [2.45, 2.75) is 45.8 Å². The molecule has 0 aliphatic carbocycles. The fourth-order valence-electron chi connectivity index (χ4n) is 4.50. The lowest BCUT2D eigenvalue weighted by Crippen LogP contribution is -2.55. The molecule has 1 saturated heterocycles. The highest BCUT2D eigenvalue weighted by Gasteiger charge is 2.43. The quantitative estimate of drug-likeness (QED) is 0.753. The number of pyridine rings is 1. The van der Waals surface area contributed by atoms with Gasteiger partial charge in [0.05, 0.1) is 18.7 Å². The van der Waals surface area contributed by atoms with Gasteiger partial charge in [-0.2, -0.15) is 0 Å². The van der Waals surface area contributed by atoms with Crippen molar-refractivity contribution in [2.75, 3.05) is 19.8 Å². The summed E-state index contributed by atoms with van der Waals surface area (Å²) in [5.74, 6) is -2.38. The van der Waals surface area contributed by atoms with Gasteiger partial charge < -0.3 is 24.6 Å². The number of hydrogen-bond acceptors (Lipinski definition) is 5. The molecular weight excluding hydrogens is 417 g/mol. The molecular formula is C23H26FN3O5. The number of nitrogens with zero attached hydrogens (tertiary/aromatic N) is 2. The second-order valence-corrected chi connectivity index (χ2v) is 8.23. The maximum atomic E-state index is 14.5. The van der Waals surface area contributed by atoms with Crippen LogP contribution in [0.25, 0.3) is 0 Å². The van der Waals surface area contributed by atoms with E-state index in [2.05, 4.69) is 5.32 Å². The van der Waals surface area contributed by atoms with Crippen LogP contribution in [0, 0.1) is 19.7 Å². The summed E-state index contributed by atoms with van der Waals surface area (Å²) in [6, 6.07) is 2.86. The normalized spacial score (nSPS) is 20.0. The highest BCUT2D eigenvalue weighted by Crippen LogP contribution is 2.35. The summed E-state index contributed by atoms with van der Waals surface area (Å²) >= 11 is 0. The summed E-state index contributed by atoms with van der Waals surface area (Å²) in [4.78, 5) is 40.1. The molecule has 2 aliphatic rings. The first-order valence-electron chi connectivity index (χ1n) is 10.7. The van der Waals surface area contributed by atoms with E-state index in [9.17, 15) is 23.9 Å². The number of rotatable bonds is 4. The zero-order chi connectivity index (χ0) is 23.2. The SMILES string of the molecule is CCN1C(=O)c2c(O)c(=O)c(C(=O)NCc3ccc(C)c(C)c3F)cn2[C@H]2CCOC[C@H]21. The molecule has 2 amide bonds. The molecule has 0 radical (unpaired) electrons. The van der Waals surface area contributed by atoms with Gasteiger partial charge in [-0.3, -0.25) is 14.4 Å². The lowest BCUT2D eigenvalue weighted by Gasteiger charge is -2.45. The van der Waals surface area contributed by atoms with E-state index in [1.54, 1.807) is 30.9 Å². The van der Waals surface area contributed by atoms with Crippen molar-refractivity contribution < 1.29 is 23.8 Å². The highest BCUT2D eigenvalue weighted by atomic mass is 19.1. The molecule has 170 valence electrons. The van der Waals surface area contributed by atoms with Crippen LogP contribution in [0.3, 0.4) is 0 Å². The van der Waals surface area contributed by atoms with Gasteiger partial charge in [0, 0.05) is 31.5 Å². The van der Waals surface area contributed by atoms with Gasteiger partial charge in [0.1, 0.15) is 11.4 Å². The average Bonchev–Trinajstić information content (AvgIpc) is 2.79. The molecule has 2 N–H and O–H groups in total. The first-order valence-corrected chi connectivity index (χ1v) is 10.7. The van der Waals surface area contributed by atoms with E-state index < -0.39 is 28.8 Å². The molecule has 1 aromatic carbocycles. The van der Waals surface area contributed by atoms with Gasteiger partial charge in [-0.05, 0) is 38.3 Å². The van der Waals surface area contributed by atoms with E-state index in [-0.39, 0.29) is 29.9 Å². The molecule has 1 fully saturated rings. The van der Waals surface area contributed by atoms with E-state index in [1.807, 2.05) is 6.92 Å². The van der Waals surface area contributed by atoms with Crippen molar-refractivity contribution in [3.8, 4) is 5.75 Å². The van der Waals surface area contributed by atoms with Gasteiger partial charge in [0.15, 0.2) is 11.4 Å². The molecule has 0 bridgehead atoms. The number of nitrogens with one attached hydrogen (secondary N) is 1. The molecule has 9 heteroatoms. The van der Waals surface area contributed by atoms with Gasteiger partial charge in [-0.25, -0.2) is 4.39 Å². The van der Waals surface area contributed by atoms with Gasteiger partial charge in [0.25, 0.3) is 11.8 Å². The molecule has 0 spiro atoms. The van der Waals surface area contributed by atoms with Crippen LogP contribution in [0.5, 0.6) is 5.75 Å². The minimum absolute atomic E-state index is 0.114. The van der Waals surface area contributed by atoms with Gasteiger partial charge in [-0.15, -0.1) is 0 Å². The number of carbonyl (C=O) groups is 2. The van der Waals surface area contributed by atoms with Crippen molar-refractivity contribution in [1.82, 2.24) is 14.8 Å². The second kappa shape index (κ2) is 8.38. The van der Waals surface area contributed by atoms with Crippen LogP contribution >= 0.6 is 0 Å². The lowest BCUT2D eigenvalue weighted by molar-refractivity contribution is -0.0176. The molecule has 3 heterocycles. The summed E-state index contributed by atoms with van der Waals surface area (Å²) in [6.45, 7) is 6.36. The van der Waals surface area contributed by atoms with Crippen LogP contribution < -0.4 is 10.7 Å². The Labute approximate surface area is 184 Å². The Bertz CT molecular complexity index is 1160. The molecule has 0 unspecified atom stereocenters. The van der Waals surface area contributed by atoms with Crippen molar-refractivity contribution in [1.29, 1.82) is 0 Å². The minimum atomic E-state index is -0.927. The number of halogens is 1. The number of amides is 2. The molecule has 4 rings (SSSR count). The summed E-state index contributed by atoms with van der Waals surface area (Å²) in [6.07, 6.45) is 1.90. The largest absolute Gasteiger partial charge is 0.503 e. The van der Waals surface area contributed by atoms with Crippen molar-refractivity contribution in [3.05, 3.63) is 62.3 Å². The van der Waals surface area contributed by atoms with Gasteiger partial charge in [0.2, 0.25) is 5.43 Å². The molecule has 1 aromatic heterocycles. The van der Waals surface area contributed by atoms with Crippen LogP contribution in [0.4, 0.5) is 4.39 Å². The van der Waals surface area contributed by atoms with E-state index in [0.29, 0.717) is 37.3 Å². The van der Waals surface area contributed by atoms with E-state index in [1.165, 1.54) is 10.8 Å². The first-order chi connectivity index (χ1) is 15.3. The number of hydrogen-bond donors (Lipinski definition) is 2. The van der Waals surface area contributed by atoms with E-state index in [0.717, 1.165) is 5.56 Å². The third-order valence-electron chi connectivity index (χ3n) is 6.48. The maximum Gasteiger partial charge on any atom is 0.274 e. The van der Waals surface area contributed by atoms with Crippen LogP contribution in [0.15, 0.2) is 23.1 Å². The Balaban J connectivity index is 1.69. The number of carbonyl (C=O) groups excluding carboxylic acids is 2. The number of benzene rings is 1. The van der Waals surface area contributed by atoms with E-state index in [4.69, 9.17) is 4.74 Å². The molecule has 2 atom stereocenters. The number of fused-ring (bicyclic) bond motifs is 3. The Morgan fingerprint density at radius 3 is 2.75 bits per heavy atom. The second-order valence-electron chi connectivity index (χ2n) is 8.23. The molecule has 0 saturated carbocycles. The number of aryl methyl sites for hydroxylation is 1. The molecule has 2 aliphatic heterocycles. The summed E-state index contributed by atoms with van der Waals surface area (Å²) in [5.41, 5.74) is 0.251. The van der Waals surface area contributed by atoms with E-state index >= 15 is 0 Å². The molecule has 32 heavy (non-hydrogen) atoms. The van der Waals surface area contributed by atoms with Crippen molar-refractivity contribution in [3.63, 3.8) is 0 Å². The number of aromatic nitrogens is 1. The van der Waals surface area contributed by atoms with Crippen LogP contribution in [0.1, 0.15) is 56.9 Å². The predicted octanol–water partition coefficient (Wildman–Crippen LogP) is 2.05. The van der Waals surface area contributed by atoms with Gasteiger partial charge >= 0.3 is 0 Å². The summed E-state index contributed by atoms with van der Waals surface area (Å²) in [7, 11) is 0. The third kappa shape index (κ3) is 3.46. The third-order valence-corrected chi connectivity index (χ3v) is 6.48. The van der Waals surface area contributed by atoms with Crippen LogP contribution in [-0.4, -0.2) is 52.2 Å². The van der Waals surface area contributed by atoms with Crippen LogP contribution in [0.2, 0.25) is 0 Å². The first kappa shape index (κ1) is 22.0. The molecule has 2 aromatic rings. The average molecular weight is 443 g/mol. The predicted molar refractivity (Wildman–Crippen MR) is 114 cm³/mol. The van der Waals surface area contributed by atoms with Crippen molar-refractivity contribution >= 4 is 11.8 Å². The highest BCUT2D eigenvalue weighted by molar-refractivity contribution is 5.99. The maximum absolute atomic E-state index is 14.5. The standard InChI is InChI=1S/C23H26FN3O5/c1-4-26-17-11-32-8-7-16(17)27-10-15(20(28)21(29)19(27)23(26)31)22(30)25-9-14-6-5-12(2)13(3)18(14)24/h5-6,10,16-17,29H,4,7-9,11H2,1-3H3,(H,25,30)/t16-,17+/m0/s1. The minimum Gasteiger partial charge on any atom is -0.503 e. The smallest absolute Gasteiger partial charge is 0.274 e. The van der Waals surface area contributed by atoms with Crippen molar-refractivity contribution in [2.24, 2.45) is 0 Å². The Morgan fingerprint density at radius 2 is 2.03 bits per heavy atom.